The Balaban J connectivity index is 1.91. The van der Waals surface area contributed by atoms with Crippen LogP contribution in [-0.2, 0) is 4.79 Å². The Morgan fingerprint density at radius 3 is 2.41 bits per heavy atom. The molecule has 1 saturated carbocycles. The molecule has 2 fully saturated rings. The highest BCUT2D eigenvalue weighted by molar-refractivity contribution is 5.79. The van der Waals surface area contributed by atoms with Gasteiger partial charge in [-0.2, -0.15) is 13.2 Å². The molecule has 2 aliphatic rings. The predicted octanol–water partition coefficient (Wildman–Crippen LogP) is 1.52. The number of nitrogens with zero attached hydrogens (tertiary/aromatic N) is 1. The first kappa shape index (κ1) is 12.7. The van der Waals surface area contributed by atoms with Crippen LogP contribution >= 0.6 is 0 Å². The standard InChI is InChI=1S/C11H17F3N2O/c12-11(13,14)8-3-1-2-7(4-8)10(17)16-5-9(15)6-16/h7-9H,1-6,15H2. The third kappa shape index (κ3) is 2.73. The summed E-state index contributed by atoms with van der Waals surface area (Å²) in [5.74, 6) is -1.90. The number of hydrogen-bond acceptors (Lipinski definition) is 2. The first-order valence-electron chi connectivity index (χ1n) is 5.99. The molecule has 1 aliphatic carbocycles. The van der Waals surface area contributed by atoms with E-state index in [4.69, 9.17) is 5.73 Å². The zero-order chi connectivity index (χ0) is 12.6. The van der Waals surface area contributed by atoms with Crippen molar-refractivity contribution in [3.63, 3.8) is 0 Å². The van der Waals surface area contributed by atoms with E-state index in [1.807, 2.05) is 0 Å². The summed E-state index contributed by atoms with van der Waals surface area (Å²) in [6, 6.07) is 0.000883. The largest absolute Gasteiger partial charge is 0.391 e. The number of nitrogens with two attached hydrogens (primary N) is 1. The van der Waals surface area contributed by atoms with Crippen molar-refractivity contribution in [1.29, 1.82) is 0 Å². The number of hydrogen-bond donors (Lipinski definition) is 1. The molecule has 2 rings (SSSR count). The molecule has 1 heterocycles. The molecule has 98 valence electrons. The smallest absolute Gasteiger partial charge is 0.339 e. The third-order valence-corrected chi connectivity index (χ3v) is 3.71. The van der Waals surface area contributed by atoms with Gasteiger partial charge in [0, 0.05) is 25.0 Å². The van der Waals surface area contributed by atoms with E-state index in [-0.39, 0.29) is 24.8 Å². The van der Waals surface area contributed by atoms with E-state index < -0.39 is 18.0 Å². The summed E-state index contributed by atoms with van der Waals surface area (Å²) in [6.07, 6.45) is -2.98. The molecule has 1 amide bonds. The van der Waals surface area contributed by atoms with Crippen LogP contribution in [-0.4, -0.2) is 36.1 Å². The van der Waals surface area contributed by atoms with Gasteiger partial charge in [0.2, 0.25) is 5.91 Å². The first-order chi connectivity index (χ1) is 7.88. The maximum absolute atomic E-state index is 12.6. The van der Waals surface area contributed by atoms with Gasteiger partial charge < -0.3 is 10.6 Å². The van der Waals surface area contributed by atoms with Crippen molar-refractivity contribution in [2.45, 2.75) is 37.9 Å². The van der Waals surface area contributed by atoms with Gasteiger partial charge in [-0.05, 0) is 19.3 Å². The van der Waals surface area contributed by atoms with Gasteiger partial charge in [0.25, 0.3) is 0 Å². The van der Waals surface area contributed by atoms with E-state index in [0.717, 1.165) is 0 Å². The third-order valence-electron chi connectivity index (χ3n) is 3.71. The molecule has 1 aliphatic heterocycles. The molecule has 1 saturated heterocycles. The Bertz CT molecular complexity index is 300. The van der Waals surface area contributed by atoms with Crippen LogP contribution in [0.1, 0.15) is 25.7 Å². The van der Waals surface area contributed by atoms with Gasteiger partial charge in [0.1, 0.15) is 0 Å². The normalized spacial score (nSPS) is 31.2. The van der Waals surface area contributed by atoms with Gasteiger partial charge in [-0.1, -0.05) is 6.42 Å². The van der Waals surface area contributed by atoms with Crippen LogP contribution in [0, 0.1) is 11.8 Å². The predicted molar refractivity (Wildman–Crippen MR) is 56.1 cm³/mol. The zero-order valence-electron chi connectivity index (χ0n) is 9.54. The van der Waals surface area contributed by atoms with E-state index in [9.17, 15) is 18.0 Å². The molecule has 0 radical (unpaired) electrons. The zero-order valence-corrected chi connectivity index (χ0v) is 9.54. The van der Waals surface area contributed by atoms with Crippen molar-refractivity contribution in [1.82, 2.24) is 4.90 Å². The minimum absolute atomic E-state index is 0.000883. The molecular weight excluding hydrogens is 233 g/mol. The monoisotopic (exact) mass is 250 g/mol. The maximum atomic E-state index is 12.6. The van der Waals surface area contributed by atoms with Crippen molar-refractivity contribution in [3.05, 3.63) is 0 Å². The lowest BCUT2D eigenvalue weighted by atomic mass is 9.80. The molecule has 0 aromatic heterocycles. The number of rotatable bonds is 1. The molecular formula is C11H17F3N2O. The van der Waals surface area contributed by atoms with Crippen LogP contribution in [0.25, 0.3) is 0 Å². The van der Waals surface area contributed by atoms with Crippen molar-refractivity contribution < 1.29 is 18.0 Å². The average molecular weight is 250 g/mol. The maximum Gasteiger partial charge on any atom is 0.391 e. The summed E-state index contributed by atoms with van der Waals surface area (Å²) in [6.45, 7) is 0.984. The van der Waals surface area contributed by atoms with E-state index in [1.54, 1.807) is 4.90 Å². The fourth-order valence-corrected chi connectivity index (χ4v) is 2.66. The van der Waals surface area contributed by atoms with Crippen LogP contribution in [0.2, 0.25) is 0 Å². The van der Waals surface area contributed by atoms with Gasteiger partial charge in [-0.15, -0.1) is 0 Å². The van der Waals surface area contributed by atoms with E-state index >= 15 is 0 Å². The van der Waals surface area contributed by atoms with Gasteiger partial charge >= 0.3 is 6.18 Å². The lowest BCUT2D eigenvalue weighted by Gasteiger charge is -2.40. The Kier molecular flexibility index (Phi) is 3.34. The van der Waals surface area contributed by atoms with Crippen molar-refractivity contribution >= 4 is 5.91 Å². The molecule has 0 aromatic carbocycles. The van der Waals surface area contributed by atoms with Crippen LogP contribution in [0.15, 0.2) is 0 Å². The number of carbonyl (C=O) groups is 1. The summed E-state index contributed by atoms with van der Waals surface area (Å²) >= 11 is 0. The Hall–Kier alpha value is -0.780. The molecule has 17 heavy (non-hydrogen) atoms. The van der Waals surface area contributed by atoms with Crippen LogP contribution < -0.4 is 5.73 Å². The molecule has 2 N–H and O–H groups in total. The van der Waals surface area contributed by atoms with Crippen molar-refractivity contribution in [2.24, 2.45) is 17.6 Å². The lowest BCUT2D eigenvalue weighted by Crippen LogP contribution is -2.59. The summed E-state index contributed by atoms with van der Waals surface area (Å²) in [5.41, 5.74) is 5.56. The number of amides is 1. The Morgan fingerprint density at radius 2 is 1.88 bits per heavy atom. The fraction of sp³-hybridized carbons (Fsp3) is 0.909. The number of carbonyl (C=O) groups excluding carboxylic acids is 1. The van der Waals surface area contributed by atoms with Crippen molar-refractivity contribution in [3.8, 4) is 0 Å². The molecule has 0 bridgehead atoms. The summed E-state index contributed by atoms with van der Waals surface area (Å²) in [4.78, 5) is 13.5. The van der Waals surface area contributed by atoms with E-state index in [2.05, 4.69) is 0 Å². The Labute approximate surface area is 98.1 Å². The highest BCUT2D eigenvalue weighted by Gasteiger charge is 2.45. The number of likely N-dealkylation sites (tertiary alicyclic amines) is 1. The van der Waals surface area contributed by atoms with Gasteiger partial charge in [0.05, 0.1) is 5.92 Å². The quantitative estimate of drug-likeness (QED) is 0.767. The molecule has 2 atom stereocenters. The molecule has 3 nitrogen and oxygen atoms in total. The lowest BCUT2D eigenvalue weighted by molar-refractivity contribution is -0.187. The van der Waals surface area contributed by atoms with Crippen LogP contribution in [0.4, 0.5) is 13.2 Å². The highest BCUT2D eigenvalue weighted by atomic mass is 19.4. The number of halogens is 3. The molecule has 2 unspecified atom stereocenters. The SMILES string of the molecule is NC1CN(C(=O)C2CCCC(C(F)(F)F)C2)C1. The minimum atomic E-state index is -4.16. The summed E-state index contributed by atoms with van der Waals surface area (Å²) in [5, 5.41) is 0. The second-order valence-electron chi connectivity index (χ2n) is 5.11. The second kappa shape index (κ2) is 4.48. The summed E-state index contributed by atoms with van der Waals surface area (Å²) < 4.78 is 37.8. The molecule has 6 heteroatoms. The van der Waals surface area contributed by atoms with Gasteiger partial charge in [-0.25, -0.2) is 0 Å². The van der Waals surface area contributed by atoms with Crippen LogP contribution in [0.3, 0.4) is 0 Å². The fourth-order valence-electron chi connectivity index (χ4n) is 2.66. The van der Waals surface area contributed by atoms with Crippen molar-refractivity contribution in [2.75, 3.05) is 13.1 Å². The summed E-state index contributed by atoms with van der Waals surface area (Å²) in [7, 11) is 0. The van der Waals surface area contributed by atoms with E-state index in [0.29, 0.717) is 25.9 Å². The topological polar surface area (TPSA) is 46.3 Å². The highest BCUT2D eigenvalue weighted by Crippen LogP contribution is 2.40. The average Bonchev–Trinajstić information content (AvgIpc) is 2.23. The van der Waals surface area contributed by atoms with Crippen LogP contribution in [0.5, 0.6) is 0 Å². The van der Waals surface area contributed by atoms with Gasteiger partial charge in [0.15, 0.2) is 0 Å². The molecule has 0 aromatic rings. The second-order valence-corrected chi connectivity index (χ2v) is 5.11. The van der Waals surface area contributed by atoms with Gasteiger partial charge in [-0.3, -0.25) is 4.79 Å². The van der Waals surface area contributed by atoms with E-state index in [1.165, 1.54) is 0 Å². The molecule has 0 spiro atoms. The minimum Gasteiger partial charge on any atom is -0.339 e. The first-order valence-corrected chi connectivity index (χ1v) is 5.99. The number of alkyl halides is 3. The Morgan fingerprint density at radius 1 is 1.24 bits per heavy atom.